The molecule has 4 rings (SSSR count). The summed E-state index contributed by atoms with van der Waals surface area (Å²) >= 11 is 0.979. The van der Waals surface area contributed by atoms with E-state index in [1.54, 1.807) is 12.1 Å². The molecule has 3 heterocycles. The lowest BCUT2D eigenvalue weighted by Gasteiger charge is -2.14. The van der Waals surface area contributed by atoms with Crippen molar-refractivity contribution >= 4 is 34.8 Å². The van der Waals surface area contributed by atoms with Crippen molar-refractivity contribution in [2.24, 2.45) is 0 Å². The number of thiophene rings is 1. The van der Waals surface area contributed by atoms with Crippen LogP contribution in [0.5, 0.6) is 5.75 Å². The number of nitrogens with zero attached hydrogens (tertiary/aromatic N) is 3. The molecule has 0 aliphatic heterocycles. The van der Waals surface area contributed by atoms with Crippen molar-refractivity contribution in [2.75, 3.05) is 0 Å². The zero-order valence-electron chi connectivity index (χ0n) is 19.0. The Morgan fingerprint density at radius 2 is 1.86 bits per heavy atom. The van der Waals surface area contributed by atoms with Crippen LogP contribution in [0, 0.1) is 5.82 Å². The number of carboxylic acid groups (broad SMARTS) is 1. The third kappa shape index (κ3) is 6.22. The van der Waals surface area contributed by atoms with Crippen LogP contribution in [0.2, 0.25) is 0 Å². The van der Waals surface area contributed by atoms with Gasteiger partial charge < -0.3 is 20.5 Å². The van der Waals surface area contributed by atoms with Crippen molar-refractivity contribution in [1.29, 1.82) is 0 Å². The molecule has 192 valence electrons. The van der Waals surface area contributed by atoms with E-state index in [0.717, 1.165) is 28.1 Å². The Bertz CT molecular complexity index is 1500. The fourth-order valence-electron chi connectivity index (χ4n) is 3.26. The van der Waals surface area contributed by atoms with Gasteiger partial charge in [0, 0.05) is 24.4 Å². The van der Waals surface area contributed by atoms with Crippen LogP contribution >= 0.6 is 11.3 Å². The van der Waals surface area contributed by atoms with Crippen molar-refractivity contribution in [2.45, 2.75) is 26.1 Å². The van der Waals surface area contributed by atoms with Gasteiger partial charge in [0.2, 0.25) is 0 Å². The van der Waals surface area contributed by atoms with Gasteiger partial charge in [-0.3, -0.25) is 9.59 Å². The first-order chi connectivity index (χ1) is 17.5. The number of ether oxygens (including phenoxy) is 1. The van der Waals surface area contributed by atoms with E-state index in [0.29, 0.717) is 17.4 Å². The van der Waals surface area contributed by atoms with E-state index in [2.05, 4.69) is 25.5 Å². The minimum atomic E-state index is -3.38. The molecule has 37 heavy (non-hydrogen) atoms. The van der Waals surface area contributed by atoms with Gasteiger partial charge in [-0.1, -0.05) is 12.1 Å². The maximum absolute atomic E-state index is 14.3. The maximum atomic E-state index is 14.3. The molecule has 10 nitrogen and oxygen atoms in total. The summed E-state index contributed by atoms with van der Waals surface area (Å²) in [6, 6.07) is 9.79. The van der Waals surface area contributed by atoms with Gasteiger partial charge in [0.1, 0.15) is 22.0 Å². The number of halogens is 3. The van der Waals surface area contributed by atoms with Crippen LogP contribution in [0.4, 0.5) is 13.2 Å². The van der Waals surface area contributed by atoms with Gasteiger partial charge >= 0.3 is 12.1 Å². The quantitative estimate of drug-likeness (QED) is 0.300. The third-order valence-electron chi connectivity index (χ3n) is 4.84. The lowest BCUT2D eigenvalue weighted by Crippen LogP contribution is -2.28. The fraction of sp³-hybridized carbons (Fsp3) is 0.174. The molecule has 0 atom stereocenters. The highest BCUT2D eigenvalue weighted by Crippen LogP contribution is 2.22. The van der Waals surface area contributed by atoms with Crippen LogP contribution < -0.4 is 15.4 Å². The molecule has 0 spiro atoms. The van der Waals surface area contributed by atoms with Gasteiger partial charge in [-0.15, -0.1) is 11.3 Å². The maximum Gasteiger partial charge on any atom is 0.394 e. The van der Waals surface area contributed by atoms with Crippen LogP contribution in [0.25, 0.3) is 5.65 Å². The van der Waals surface area contributed by atoms with E-state index in [1.807, 2.05) is 0 Å². The van der Waals surface area contributed by atoms with Crippen LogP contribution in [-0.2, 0) is 13.1 Å². The lowest BCUT2D eigenvalue weighted by molar-refractivity contribution is -0.159. The first kappa shape index (κ1) is 25.6. The Hall–Kier alpha value is -4.46. The smallest absolute Gasteiger partial charge is 0.394 e. The third-order valence-corrected chi connectivity index (χ3v) is 5.91. The Morgan fingerprint density at radius 3 is 2.57 bits per heavy atom. The summed E-state index contributed by atoms with van der Waals surface area (Å²) in [5.41, 5.74) is -0.382. The number of rotatable bonds is 9. The zero-order chi connectivity index (χ0) is 26.7. The molecule has 3 N–H and O–H groups in total. The first-order valence-corrected chi connectivity index (χ1v) is 11.4. The van der Waals surface area contributed by atoms with Gasteiger partial charge in [-0.2, -0.15) is 13.9 Å². The molecular weight excluding hydrogens is 515 g/mol. The number of carboxylic acids is 1. The predicted molar refractivity (Wildman–Crippen MR) is 124 cm³/mol. The van der Waals surface area contributed by atoms with Gasteiger partial charge in [0.25, 0.3) is 11.8 Å². The number of carbonyl (C=O) groups is 3. The number of alkyl halides is 2. The predicted octanol–water partition coefficient (Wildman–Crippen LogP) is 3.48. The standard InChI is InChI=1S/C23H18F3N5O5S/c1-23(25,26)36-13-4-2-3-12(7-13)9-27-20(32)16-8-17(31-19(30-16)15(24)11-29-31)21(33)28-10-14-5-6-18(37-14)22(34)35/h2-8,11H,9-10H2,1H3,(H,27,32)(H,28,33)(H,34,35). The normalized spacial score (nSPS) is 11.4. The Balaban J connectivity index is 1.51. The monoisotopic (exact) mass is 533 g/mol. The van der Waals surface area contributed by atoms with Crippen LogP contribution in [0.3, 0.4) is 0 Å². The van der Waals surface area contributed by atoms with Crippen LogP contribution in [-0.4, -0.2) is 43.6 Å². The second-order valence-corrected chi connectivity index (χ2v) is 8.92. The molecule has 3 aromatic heterocycles. The number of carbonyl (C=O) groups excluding carboxylic acids is 2. The molecule has 0 radical (unpaired) electrons. The van der Waals surface area contributed by atoms with Gasteiger partial charge in [-0.05, 0) is 29.8 Å². The van der Waals surface area contributed by atoms with E-state index in [1.165, 1.54) is 24.3 Å². The Labute approximate surface area is 210 Å². The summed E-state index contributed by atoms with van der Waals surface area (Å²) in [5.74, 6) is -3.52. The van der Waals surface area contributed by atoms with E-state index < -0.39 is 29.7 Å². The van der Waals surface area contributed by atoms with Gasteiger partial charge in [-0.25, -0.2) is 18.7 Å². The molecule has 0 aliphatic rings. The van der Waals surface area contributed by atoms with Crippen molar-refractivity contribution in [1.82, 2.24) is 25.2 Å². The zero-order valence-corrected chi connectivity index (χ0v) is 19.8. The highest BCUT2D eigenvalue weighted by molar-refractivity contribution is 7.13. The first-order valence-electron chi connectivity index (χ1n) is 10.6. The molecule has 14 heteroatoms. The molecule has 0 unspecified atom stereocenters. The molecule has 0 aliphatic carbocycles. The molecule has 2 amide bonds. The molecule has 0 saturated heterocycles. The highest BCUT2D eigenvalue weighted by Gasteiger charge is 2.23. The Morgan fingerprint density at radius 1 is 1.11 bits per heavy atom. The van der Waals surface area contributed by atoms with E-state index in [4.69, 9.17) is 5.11 Å². The average molecular weight is 533 g/mol. The van der Waals surface area contributed by atoms with E-state index in [-0.39, 0.29) is 40.8 Å². The van der Waals surface area contributed by atoms with Crippen molar-refractivity contribution in [3.05, 3.63) is 81.2 Å². The fourth-order valence-corrected chi connectivity index (χ4v) is 4.05. The van der Waals surface area contributed by atoms with Crippen molar-refractivity contribution in [3.63, 3.8) is 0 Å². The minimum Gasteiger partial charge on any atom is -0.477 e. The summed E-state index contributed by atoms with van der Waals surface area (Å²) < 4.78 is 45.9. The number of fused-ring (bicyclic) bond motifs is 1. The summed E-state index contributed by atoms with van der Waals surface area (Å²) in [6.45, 7) is 0.493. The average Bonchev–Trinajstić information content (AvgIpc) is 3.47. The molecule has 0 fully saturated rings. The van der Waals surface area contributed by atoms with E-state index in [9.17, 15) is 27.6 Å². The van der Waals surface area contributed by atoms with Crippen molar-refractivity contribution < 1.29 is 37.4 Å². The topological polar surface area (TPSA) is 135 Å². The second-order valence-electron chi connectivity index (χ2n) is 7.75. The summed E-state index contributed by atoms with van der Waals surface area (Å²) in [7, 11) is 0. The minimum absolute atomic E-state index is 0.0128. The number of nitrogens with one attached hydrogen (secondary N) is 2. The van der Waals surface area contributed by atoms with Crippen LogP contribution in [0.1, 0.15) is 48.0 Å². The molecule has 1 aromatic carbocycles. The molecule has 0 saturated carbocycles. The summed E-state index contributed by atoms with van der Waals surface area (Å²) in [4.78, 5) is 41.3. The molecule has 4 aromatic rings. The second kappa shape index (κ2) is 10.3. The SMILES string of the molecule is CC(F)(F)Oc1cccc(CNC(=O)c2cc(C(=O)NCc3ccc(C(=O)O)s3)n3ncc(F)c3n2)c1. The number of hydrogen-bond acceptors (Lipinski definition) is 7. The number of amides is 2. The van der Waals surface area contributed by atoms with Gasteiger partial charge in [0.15, 0.2) is 11.5 Å². The summed E-state index contributed by atoms with van der Waals surface area (Å²) in [5, 5.41) is 17.9. The number of benzene rings is 1. The van der Waals surface area contributed by atoms with Crippen LogP contribution in [0.15, 0.2) is 48.7 Å². The Kier molecular flexibility index (Phi) is 7.11. The van der Waals surface area contributed by atoms with E-state index >= 15 is 0 Å². The molecule has 0 bridgehead atoms. The summed E-state index contributed by atoms with van der Waals surface area (Å²) in [6.07, 6.45) is -2.54. The van der Waals surface area contributed by atoms with Gasteiger partial charge in [0.05, 0.1) is 12.7 Å². The van der Waals surface area contributed by atoms with Crippen molar-refractivity contribution in [3.8, 4) is 5.75 Å². The molecular formula is C23H18F3N5O5S. The number of aromatic carboxylic acids is 1. The number of hydrogen-bond donors (Lipinski definition) is 3. The highest BCUT2D eigenvalue weighted by atomic mass is 32.1. The number of aromatic nitrogens is 3. The largest absolute Gasteiger partial charge is 0.477 e. The lowest BCUT2D eigenvalue weighted by atomic mass is 10.2.